The van der Waals surface area contributed by atoms with E-state index in [1.165, 1.54) is 5.56 Å². The molecule has 0 atom stereocenters. The van der Waals surface area contributed by atoms with Gasteiger partial charge < -0.3 is 14.8 Å². The summed E-state index contributed by atoms with van der Waals surface area (Å²) in [4.78, 5) is 3.96. The Morgan fingerprint density at radius 1 is 1.10 bits per heavy atom. The third-order valence-electron chi connectivity index (χ3n) is 2.78. The van der Waals surface area contributed by atoms with E-state index in [2.05, 4.69) is 23.3 Å². The summed E-state index contributed by atoms with van der Waals surface area (Å²) in [5.41, 5.74) is 1.20. The van der Waals surface area contributed by atoms with Crippen LogP contribution < -0.4 is 14.8 Å². The summed E-state index contributed by atoms with van der Waals surface area (Å²) in [6, 6.07) is 9.76. The Labute approximate surface area is 130 Å². The van der Waals surface area contributed by atoms with Gasteiger partial charge in [-0.2, -0.15) is 0 Å². The molecule has 4 nitrogen and oxygen atoms in total. The Kier molecular flexibility index (Phi) is 6.31. The van der Waals surface area contributed by atoms with Crippen LogP contribution in [0.25, 0.3) is 0 Å². The quantitative estimate of drug-likeness (QED) is 0.760. The lowest BCUT2D eigenvalue weighted by atomic mass is 10.2. The van der Waals surface area contributed by atoms with E-state index in [4.69, 9.17) is 21.1 Å². The molecular formula is C16H19ClN2O2. The second kappa shape index (κ2) is 8.49. The lowest BCUT2D eigenvalue weighted by Gasteiger charge is -2.09. The third-order valence-corrected chi connectivity index (χ3v) is 2.98. The van der Waals surface area contributed by atoms with Crippen LogP contribution in [0.4, 0.5) is 0 Å². The van der Waals surface area contributed by atoms with Crippen LogP contribution in [0.5, 0.6) is 11.5 Å². The van der Waals surface area contributed by atoms with Gasteiger partial charge in [0.2, 0.25) is 0 Å². The van der Waals surface area contributed by atoms with E-state index in [1.807, 2.05) is 18.2 Å². The second-order valence-electron chi connectivity index (χ2n) is 4.46. The average Bonchev–Trinajstić information content (AvgIpc) is 2.50. The van der Waals surface area contributed by atoms with E-state index < -0.39 is 0 Å². The van der Waals surface area contributed by atoms with Gasteiger partial charge in [-0.3, -0.25) is 4.98 Å². The van der Waals surface area contributed by atoms with Crippen molar-refractivity contribution < 1.29 is 9.47 Å². The predicted octanol–water partition coefficient (Wildman–Crippen LogP) is 3.30. The van der Waals surface area contributed by atoms with Crippen LogP contribution in [-0.2, 0) is 6.54 Å². The molecule has 1 aromatic heterocycles. The SMILES string of the molecule is CCNCc1cccc(OCCOc2cncc(Cl)c2)c1. The normalized spacial score (nSPS) is 10.4. The molecule has 2 rings (SSSR count). The number of ether oxygens (including phenoxy) is 2. The van der Waals surface area contributed by atoms with Gasteiger partial charge >= 0.3 is 0 Å². The van der Waals surface area contributed by atoms with Gasteiger partial charge in [0.15, 0.2) is 0 Å². The minimum absolute atomic E-state index is 0.444. The number of hydrogen-bond donors (Lipinski definition) is 1. The van der Waals surface area contributed by atoms with Crippen molar-refractivity contribution in [3.8, 4) is 11.5 Å². The van der Waals surface area contributed by atoms with Crippen LogP contribution >= 0.6 is 11.6 Å². The molecule has 21 heavy (non-hydrogen) atoms. The number of benzene rings is 1. The molecule has 1 heterocycles. The van der Waals surface area contributed by atoms with E-state index in [1.54, 1.807) is 18.5 Å². The summed E-state index contributed by atoms with van der Waals surface area (Å²) in [7, 11) is 0. The molecule has 0 saturated carbocycles. The summed E-state index contributed by atoms with van der Waals surface area (Å²) in [5, 5.41) is 3.85. The molecule has 0 unspecified atom stereocenters. The Morgan fingerprint density at radius 2 is 1.90 bits per heavy atom. The van der Waals surface area contributed by atoms with Crippen molar-refractivity contribution in [3.05, 3.63) is 53.3 Å². The first-order valence-electron chi connectivity index (χ1n) is 6.93. The number of hydrogen-bond acceptors (Lipinski definition) is 4. The maximum Gasteiger partial charge on any atom is 0.139 e. The number of pyridine rings is 1. The third kappa shape index (κ3) is 5.61. The van der Waals surface area contributed by atoms with Gasteiger partial charge in [0.25, 0.3) is 0 Å². The monoisotopic (exact) mass is 306 g/mol. The van der Waals surface area contributed by atoms with Crippen LogP contribution in [0.2, 0.25) is 5.02 Å². The zero-order valence-corrected chi connectivity index (χ0v) is 12.8. The molecule has 0 bridgehead atoms. The largest absolute Gasteiger partial charge is 0.490 e. The number of aromatic nitrogens is 1. The fourth-order valence-electron chi connectivity index (χ4n) is 1.80. The first-order valence-corrected chi connectivity index (χ1v) is 7.31. The zero-order chi connectivity index (χ0) is 14.9. The summed E-state index contributed by atoms with van der Waals surface area (Å²) in [6.07, 6.45) is 3.20. The van der Waals surface area contributed by atoms with Crippen molar-refractivity contribution in [2.45, 2.75) is 13.5 Å². The van der Waals surface area contributed by atoms with Crippen LogP contribution in [0.1, 0.15) is 12.5 Å². The Balaban J connectivity index is 1.75. The van der Waals surface area contributed by atoms with Crippen molar-refractivity contribution in [2.24, 2.45) is 0 Å². The highest BCUT2D eigenvalue weighted by Crippen LogP contribution is 2.16. The first kappa shape index (κ1) is 15.6. The lowest BCUT2D eigenvalue weighted by Crippen LogP contribution is -2.12. The van der Waals surface area contributed by atoms with Gasteiger partial charge in [0, 0.05) is 18.8 Å². The minimum atomic E-state index is 0.444. The fraction of sp³-hybridized carbons (Fsp3) is 0.312. The number of nitrogens with one attached hydrogen (secondary N) is 1. The minimum Gasteiger partial charge on any atom is -0.490 e. The Bertz CT molecular complexity index is 563. The van der Waals surface area contributed by atoms with Crippen molar-refractivity contribution in [3.63, 3.8) is 0 Å². The van der Waals surface area contributed by atoms with Gasteiger partial charge in [-0.15, -0.1) is 0 Å². The van der Waals surface area contributed by atoms with Crippen molar-refractivity contribution in [2.75, 3.05) is 19.8 Å². The molecule has 5 heteroatoms. The van der Waals surface area contributed by atoms with E-state index in [0.717, 1.165) is 18.8 Å². The first-order chi connectivity index (χ1) is 10.3. The van der Waals surface area contributed by atoms with Gasteiger partial charge in [0.1, 0.15) is 24.7 Å². The van der Waals surface area contributed by atoms with Gasteiger partial charge in [-0.25, -0.2) is 0 Å². The molecule has 1 aromatic carbocycles. The molecule has 0 aliphatic carbocycles. The van der Waals surface area contributed by atoms with Gasteiger partial charge in [-0.1, -0.05) is 30.7 Å². The number of nitrogens with zero attached hydrogens (tertiary/aromatic N) is 1. The van der Waals surface area contributed by atoms with E-state index in [0.29, 0.717) is 24.0 Å². The molecule has 0 spiro atoms. The van der Waals surface area contributed by atoms with Crippen molar-refractivity contribution in [1.29, 1.82) is 0 Å². The molecule has 112 valence electrons. The molecule has 0 aliphatic rings. The molecule has 1 N–H and O–H groups in total. The highest BCUT2D eigenvalue weighted by Gasteiger charge is 1.99. The zero-order valence-electron chi connectivity index (χ0n) is 12.0. The topological polar surface area (TPSA) is 43.4 Å². The summed E-state index contributed by atoms with van der Waals surface area (Å²) < 4.78 is 11.2. The standard InChI is InChI=1S/C16H19ClN2O2/c1-2-18-10-13-4-3-5-15(8-13)20-6-7-21-16-9-14(17)11-19-12-16/h3-5,8-9,11-12,18H,2,6-7,10H2,1H3. The fourth-order valence-corrected chi connectivity index (χ4v) is 1.97. The molecule has 0 amide bonds. The Morgan fingerprint density at radius 3 is 2.67 bits per heavy atom. The van der Waals surface area contributed by atoms with Crippen LogP contribution in [0.3, 0.4) is 0 Å². The van der Waals surface area contributed by atoms with Crippen LogP contribution in [0, 0.1) is 0 Å². The van der Waals surface area contributed by atoms with E-state index >= 15 is 0 Å². The van der Waals surface area contributed by atoms with Gasteiger partial charge in [0.05, 0.1) is 11.2 Å². The highest BCUT2D eigenvalue weighted by molar-refractivity contribution is 6.30. The second-order valence-corrected chi connectivity index (χ2v) is 4.90. The molecule has 2 aromatic rings. The average molecular weight is 307 g/mol. The predicted molar refractivity (Wildman–Crippen MR) is 84.1 cm³/mol. The number of rotatable bonds is 8. The van der Waals surface area contributed by atoms with E-state index in [-0.39, 0.29) is 0 Å². The maximum atomic E-state index is 5.83. The number of halogens is 1. The molecule has 0 saturated heterocycles. The van der Waals surface area contributed by atoms with Crippen molar-refractivity contribution in [1.82, 2.24) is 10.3 Å². The van der Waals surface area contributed by atoms with E-state index in [9.17, 15) is 0 Å². The molecule has 0 radical (unpaired) electrons. The summed E-state index contributed by atoms with van der Waals surface area (Å²) >= 11 is 5.83. The molecular weight excluding hydrogens is 288 g/mol. The van der Waals surface area contributed by atoms with Gasteiger partial charge in [-0.05, 0) is 24.2 Å². The van der Waals surface area contributed by atoms with Crippen LogP contribution in [0.15, 0.2) is 42.7 Å². The maximum absolute atomic E-state index is 5.83. The van der Waals surface area contributed by atoms with Crippen LogP contribution in [-0.4, -0.2) is 24.7 Å². The smallest absolute Gasteiger partial charge is 0.139 e. The summed E-state index contributed by atoms with van der Waals surface area (Å²) in [5.74, 6) is 1.49. The summed E-state index contributed by atoms with van der Waals surface area (Å²) in [6.45, 7) is 4.80. The molecule has 0 aliphatic heterocycles. The molecule has 0 fully saturated rings. The highest BCUT2D eigenvalue weighted by atomic mass is 35.5. The lowest BCUT2D eigenvalue weighted by molar-refractivity contribution is 0.216. The Hall–Kier alpha value is -1.78. The van der Waals surface area contributed by atoms with Crippen molar-refractivity contribution >= 4 is 11.6 Å².